The minimum absolute atomic E-state index is 0.323. The van der Waals surface area contributed by atoms with E-state index < -0.39 is 0 Å². The molecule has 1 heterocycles. The SMILES string of the molecule is CCNC(CCC1CCCCO1)c1ccc(OC)c(Cl)c1. The van der Waals surface area contributed by atoms with Crippen LogP contribution in [0.4, 0.5) is 0 Å². The van der Waals surface area contributed by atoms with Crippen molar-refractivity contribution >= 4 is 11.6 Å². The van der Waals surface area contributed by atoms with Crippen molar-refractivity contribution in [2.75, 3.05) is 20.3 Å². The summed E-state index contributed by atoms with van der Waals surface area (Å²) < 4.78 is 11.1. The van der Waals surface area contributed by atoms with Gasteiger partial charge in [-0.3, -0.25) is 0 Å². The number of methoxy groups -OCH3 is 1. The molecule has 1 aliphatic rings. The zero-order valence-corrected chi connectivity index (χ0v) is 13.8. The normalized spacial score (nSPS) is 20.2. The van der Waals surface area contributed by atoms with Crippen molar-refractivity contribution in [1.29, 1.82) is 0 Å². The molecule has 0 aromatic heterocycles. The lowest BCUT2D eigenvalue weighted by molar-refractivity contribution is 0.00856. The molecule has 0 saturated carbocycles. The summed E-state index contributed by atoms with van der Waals surface area (Å²) >= 11 is 6.25. The van der Waals surface area contributed by atoms with Crippen LogP contribution in [-0.2, 0) is 4.74 Å². The highest BCUT2D eigenvalue weighted by atomic mass is 35.5. The Morgan fingerprint density at radius 2 is 2.29 bits per heavy atom. The summed E-state index contributed by atoms with van der Waals surface area (Å²) in [6.45, 7) is 4.00. The second-order valence-corrected chi connectivity index (χ2v) is 5.98. The first-order valence-corrected chi connectivity index (χ1v) is 8.30. The number of nitrogens with one attached hydrogen (secondary N) is 1. The number of halogens is 1. The second-order valence-electron chi connectivity index (χ2n) is 5.57. The number of rotatable bonds is 7. The fraction of sp³-hybridized carbons (Fsp3) is 0.647. The van der Waals surface area contributed by atoms with E-state index in [0.29, 0.717) is 17.2 Å². The van der Waals surface area contributed by atoms with Gasteiger partial charge in [0.05, 0.1) is 18.2 Å². The number of hydrogen-bond donors (Lipinski definition) is 1. The molecule has 0 radical (unpaired) electrons. The molecular weight excluding hydrogens is 286 g/mol. The van der Waals surface area contributed by atoms with Gasteiger partial charge in [-0.15, -0.1) is 0 Å². The van der Waals surface area contributed by atoms with E-state index in [-0.39, 0.29) is 0 Å². The lowest BCUT2D eigenvalue weighted by atomic mass is 9.97. The minimum atomic E-state index is 0.323. The number of hydrogen-bond acceptors (Lipinski definition) is 3. The average Bonchev–Trinajstić information content (AvgIpc) is 2.52. The average molecular weight is 312 g/mol. The molecule has 2 rings (SSSR count). The van der Waals surface area contributed by atoms with Gasteiger partial charge in [0.25, 0.3) is 0 Å². The Labute approximate surface area is 133 Å². The molecule has 4 heteroatoms. The van der Waals surface area contributed by atoms with Crippen LogP contribution in [0, 0.1) is 0 Å². The van der Waals surface area contributed by atoms with E-state index in [0.717, 1.165) is 31.7 Å². The topological polar surface area (TPSA) is 30.5 Å². The van der Waals surface area contributed by atoms with E-state index in [4.69, 9.17) is 21.1 Å². The smallest absolute Gasteiger partial charge is 0.137 e. The Morgan fingerprint density at radius 3 is 2.90 bits per heavy atom. The van der Waals surface area contributed by atoms with Crippen LogP contribution in [0.3, 0.4) is 0 Å². The van der Waals surface area contributed by atoms with Gasteiger partial charge >= 0.3 is 0 Å². The maximum absolute atomic E-state index is 6.25. The molecule has 1 N–H and O–H groups in total. The Kier molecular flexibility index (Phi) is 6.81. The van der Waals surface area contributed by atoms with Gasteiger partial charge in [0, 0.05) is 12.6 Å². The first-order chi connectivity index (χ1) is 10.2. The fourth-order valence-electron chi connectivity index (χ4n) is 2.92. The monoisotopic (exact) mass is 311 g/mol. The van der Waals surface area contributed by atoms with Gasteiger partial charge in [-0.25, -0.2) is 0 Å². The Bertz CT molecular complexity index is 433. The molecule has 21 heavy (non-hydrogen) atoms. The first kappa shape index (κ1) is 16.6. The minimum Gasteiger partial charge on any atom is -0.495 e. The van der Waals surface area contributed by atoms with Crippen molar-refractivity contribution in [3.63, 3.8) is 0 Å². The van der Waals surface area contributed by atoms with Crippen molar-refractivity contribution in [1.82, 2.24) is 5.32 Å². The van der Waals surface area contributed by atoms with Gasteiger partial charge in [-0.2, -0.15) is 0 Å². The Morgan fingerprint density at radius 1 is 1.43 bits per heavy atom. The summed E-state index contributed by atoms with van der Waals surface area (Å²) in [7, 11) is 1.64. The highest BCUT2D eigenvalue weighted by molar-refractivity contribution is 6.32. The van der Waals surface area contributed by atoms with Crippen molar-refractivity contribution in [2.45, 2.75) is 51.2 Å². The summed E-state index contributed by atoms with van der Waals surface area (Å²) in [4.78, 5) is 0. The maximum Gasteiger partial charge on any atom is 0.137 e. The van der Waals surface area contributed by atoms with Crippen LogP contribution in [0.5, 0.6) is 5.75 Å². The van der Waals surface area contributed by atoms with Crippen LogP contribution in [0.25, 0.3) is 0 Å². The molecule has 3 nitrogen and oxygen atoms in total. The molecule has 1 aliphatic heterocycles. The van der Waals surface area contributed by atoms with Crippen LogP contribution in [-0.4, -0.2) is 26.4 Å². The highest BCUT2D eigenvalue weighted by Gasteiger charge is 2.18. The van der Waals surface area contributed by atoms with Crippen LogP contribution in [0.2, 0.25) is 5.02 Å². The standard InChI is InChI=1S/C17H26ClNO2/c1-3-19-16(9-8-14-6-4-5-11-21-14)13-7-10-17(20-2)15(18)12-13/h7,10,12,14,16,19H,3-6,8-9,11H2,1-2H3. The quantitative estimate of drug-likeness (QED) is 0.812. The van der Waals surface area contributed by atoms with Crippen LogP contribution in [0.1, 0.15) is 50.6 Å². The molecule has 2 atom stereocenters. The summed E-state index contributed by atoms with van der Waals surface area (Å²) in [6.07, 6.45) is 6.30. The molecule has 1 aromatic rings. The predicted molar refractivity (Wildman–Crippen MR) is 87.2 cm³/mol. The Balaban J connectivity index is 1.98. The van der Waals surface area contributed by atoms with Crippen LogP contribution in [0.15, 0.2) is 18.2 Å². The maximum atomic E-state index is 6.25. The second kappa shape index (κ2) is 8.62. The zero-order chi connectivity index (χ0) is 15.1. The van der Waals surface area contributed by atoms with Gasteiger partial charge in [0.1, 0.15) is 5.75 Å². The largest absolute Gasteiger partial charge is 0.495 e. The van der Waals surface area contributed by atoms with Gasteiger partial charge < -0.3 is 14.8 Å². The number of benzene rings is 1. The van der Waals surface area contributed by atoms with E-state index >= 15 is 0 Å². The van der Waals surface area contributed by atoms with Crippen molar-refractivity contribution < 1.29 is 9.47 Å². The molecule has 1 fully saturated rings. The third-order valence-electron chi connectivity index (χ3n) is 4.08. The first-order valence-electron chi connectivity index (χ1n) is 7.93. The van der Waals surface area contributed by atoms with Gasteiger partial charge in [-0.05, 0) is 56.3 Å². The molecule has 1 saturated heterocycles. The molecule has 0 bridgehead atoms. The summed E-state index contributed by atoms with van der Waals surface area (Å²) in [5.74, 6) is 0.728. The van der Waals surface area contributed by atoms with Gasteiger partial charge in [0.2, 0.25) is 0 Å². The molecule has 0 aliphatic carbocycles. The third kappa shape index (κ3) is 4.87. The van der Waals surface area contributed by atoms with E-state index in [9.17, 15) is 0 Å². The number of ether oxygens (including phenoxy) is 2. The van der Waals surface area contributed by atoms with Crippen molar-refractivity contribution in [3.05, 3.63) is 28.8 Å². The third-order valence-corrected chi connectivity index (χ3v) is 4.38. The molecule has 0 spiro atoms. The lowest BCUT2D eigenvalue weighted by Crippen LogP contribution is -2.25. The highest BCUT2D eigenvalue weighted by Crippen LogP contribution is 2.30. The summed E-state index contributed by atoms with van der Waals surface area (Å²) in [6, 6.07) is 6.37. The van der Waals surface area contributed by atoms with E-state index in [2.05, 4.69) is 18.3 Å². The lowest BCUT2D eigenvalue weighted by Gasteiger charge is -2.25. The molecular formula is C17H26ClNO2. The van der Waals surface area contributed by atoms with E-state index in [1.807, 2.05) is 12.1 Å². The van der Waals surface area contributed by atoms with E-state index in [1.165, 1.54) is 24.8 Å². The van der Waals surface area contributed by atoms with Crippen molar-refractivity contribution in [3.8, 4) is 5.75 Å². The van der Waals surface area contributed by atoms with Gasteiger partial charge in [0.15, 0.2) is 0 Å². The predicted octanol–water partition coefficient (Wildman–Crippen LogP) is 4.35. The molecule has 118 valence electrons. The summed E-state index contributed by atoms with van der Waals surface area (Å²) in [5.41, 5.74) is 1.22. The van der Waals surface area contributed by atoms with Crippen molar-refractivity contribution in [2.24, 2.45) is 0 Å². The zero-order valence-electron chi connectivity index (χ0n) is 13.0. The fourth-order valence-corrected chi connectivity index (χ4v) is 3.19. The molecule has 1 aromatic carbocycles. The van der Waals surface area contributed by atoms with E-state index in [1.54, 1.807) is 7.11 Å². The molecule has 2 unspecified atom stereocenters. The summed E-state index contributed by atoms with van der Waals surface area (Å²) in [5, 5.41) is 4.22. The van der Waals surface area contributed by atoms with Crippen LogP contribution < -0.4 is 10.1 Å². The van der Waals surface area contributed by atoms with Crippen LogP contribution >= 0.6 is 11.6 Å². The molecule has 0 amide bonds. The van der Waals surface area contributed by atoms with Gasteiger partial charge in [-0.1, -0.05) is 24.6 Å². The Hall–Kier alpha value is -0.770.